The molecule has 0 radical (unpaired) electrons. The second-order valence-corrected chi connectivity index (χ2v) is 11.7. The number of rotatable bonds is 3. The van der Waals surface area contributed by atoms with Crippen molar-refractivity contribution in [1.29, 1.82) is 0 Å². The van der Waals surface area contributed by atoms with E-state index in [0.717, 1.165) is 0 Å². The lowest BCUT2D eigenvalue weighted by Gasteiger charge is -2.23. The van der Waals surface area contributed by atoms with Gasteiger partial charge in [-0.2, -0.15) is 0 Å². The third-order valence-corrected chi connectivity index (χ3v) is 9.09. The predicted molar refractivity (Wildman–Crippen MR) is 175 cm³/mol. The van der Waals surface area contributed by atoms with Crippen molar-refractivity contribution in [2.24, 2.45) is 0 Å². The van der Waals surface area contributed by atoms with Gasteiger partial charge in [0.2, 0.25) is 0 Å². The van der Waals surface area contributed by atoms with Gasteiger partial charge >= 0.3 is 0 Å². The maximum atomic E-state index is 2.36. The minimum Gasteiger partial charge on any atom is -0.0622 e. The molecule has 194 valence electrons. The van der Waals surface area contributed by atoms with E-state index < -0.39 is 0 Å². The van der Waals surface area contributed by atoms with Crippen LogP contribution in [0.5, 0.6) is 0 Å². The molecule has 0 saturated carbocycles. The van der Waals surface area contributed by atoms with Crippen molar-refractivity contribution in [2.45, 2.75) is 19.3 Å². The van der Waals surface area contributed by atoms with Crippen LogP contribution in [0.25, 0.3) is 66.1 Å². The first-order chi connectivity index (χ1) is 20.1. The van der Waals surface area contributed by atoms with Crippen molar-refractivity contribution in [3.8, 4) is 44.5 Å². The normalized spacial score (nSPS) is 13.3. The fourth-order valence-corrected chi connectivity index (χ4v) is 7.24. The molecule has 0 heteroatoms. The van der Waals surface area contributed by atoms with Crippen LogP contribution in [0.15, 0.2) is 146 Å². The largest absolute Gasteiger partial charge is 0.0622 e. The van der Waals surface area contributed by atoms with E-state index in [9.17, 15) is 0 Å². The van der Waals surface area contributed by atoms with Crippen molar-refractivity contribution < 1.29 is 0 Å². The number of benzene rings is 7. The zero-order chi connectivity index (χ0) is 27.6. The summed E-state index contributed by atoms with van der Waals surface area (Å²) in [4.78, 5) is 0. The molecule has 1 aliphatic rings. The highest BCUT2D eigenvalue weighted by atomic mass is 14.4. The summed E-state index contributed by atoms with van der Waals surface area (Å²) in [5.74, 6) is 0. The summed E-state index contributed by atoms with van der Waals surface area (Å²) < 4.78 is 0. The van der Waals surface area contributed by atoms with E-state index in [1.54, 1.807) is 0 Å². The molecule has 7 aromatic carbocycles. The molecular weight excluding hydrogens is 492 g/mol. The smallest absolute Gasteiger partial charge is 0.0159 e. The minimum atomic E-state index is -0.0396. The Morgan fingerprint density at radius 1 is 0.317 bits per heavy atom. The molecule has 0 unspecified atom stereocenters. The number of hydrogen-bond donors (Lipinski definition) is 0. The molecule has 41 heavy (non-hydrogen) atoms. The summed E-state index contributed by atoms with van der Waals surface area (Å²) >= 11 is 0. The van der Waals surface area contributed by atoms with Gasteiger partial charge in [-0.15, -0.1) is 0 Å². The third kappa shape index (κ3) is 3.47. The molecule has 1 aliphatic carbocycles. The molecule has 0 N–H and O–H groups in total. The molecule has 7 aromatic rings. The fraction of sp³-hybridized carbons (Fsp3) is 0.0732. The van der Waals surface area contributed by atoms with Crippen LogP contribution in [0.2, 0.25) is 0 Å². The van der Waals surface area contributed by atoms with Gasteiger partial charge < -0.3 is 0 Å². The summed E-state index contributed by atoms with van der Waals surface area (Å²) in [7, 11) is 0. The quantitative estimate of drug-likeness (QED) is 0.202. The molecule has 0 saturated heterocycles. The Labute approximate surface area is 241 Å². The van der Waals surface area contributed by atoms with Crippen LogP contribution in [-0.4, -0.2) is 0 Å². The van der Waals surface area contributed by atoms with Crippen molar-refractivity contribution in [3.05, 3.63) is 157 Å². The van der Waals surface area contributed by atoms with Gasteiger partial charge in [0.1, 0.15) is 0 Å². The van der Waals surface area contributed by atoms with Crippen LogP contribution in [0.4, 0.5) is 0 Å². The van der Waals surface area contributed by atoms with Gasteiger partial charge in [-0.25, -0.2) is 0 Å². The first-order valence-electron chi connectivity index (χ1n) is 14.5. The second-order valence-electron chi connectivity index (χ2n) is 11.7. The lowest BCUT2D eigenvalue weighted by molar-refractivity contribution is 0.660. The van der Waals surface area contributed by atoms with Crippen molar-refractivity contribution in [3.63, 3.8) is 0 Å². The van der Waals surface area contributed by atoms with Crippen molar-refractivity contribution in [1.82, 2.24) is 0 Å². The minimum absolute atomic E-state index is 0.0396. The SMILES string of the molecule is CC1(C)c2ccccc2-c2c(-c3c4ccccc4c(-c4ccccc4-c4ccccc4)c4ccccc34)cccc21. The summed E-state index contributed by atoms with van der Waals surface area (Å²) in [5.41, 5.74) is 13.2. The highest BCUT2D eigenvalue weighted by Crippen LogP contribution is 2.54. The van der Waals surface area contributed by atoms with E-state index in [2.05, 4.69) is 159 Å². The summed E-state index contributed by atoms with van der Waals surface area (Å²) in [6, 6.07) is 53.5. The molecule has 8 rings (SSSR count). The highest BCUT2D eigenvalue weighted by molar-refractivity contribution is 6.23. The summed E-state index contributed by atoms with van der Waals surface area (Å²) in [6.45, 7) is 4.72. The van der Waals surface area contributed by atoms with Crippen LogP contribution in [-0.2, 0) is 5.41 Å². The van der Waals surface area contributed by atoms with Gasteiger partial charge in [-0.3, -0.25) is 0 Å². The molecule has 0 amide bonds. The molecule has 0 nitrogen and oxygen atoms in total. The van der Waals surface area contributed by atoms with Gasteiger partial charge in [0.05, 0.1) is 0 Å². The van der Waals surface area contributed by atoms with Gasteiger partial charge in [0.25, 0.3) is 0 Å². The molecule has 0 aromatic heterocycles. The van der Waals surface area contributed by atoms with E-state index in [1.807, 2.05) is 0 Å². The topological polar surface area (TPSA) is 0 Å². The number of hydrogen-bond acceptors (Lipinski definition) is 0. The van der Waals surface area contributed by atoms with Crippen LogP contribution < -0.4 is 0 Å². The lowest BCUT2D eigenvalue weighted by Crippen LogP contribution is -2.14. The molecule has 0 bridgehead atoms. The van der Waals surface area contributed by atoms with Crippen LogP contribution >= 0.6 is 0 Å². The van der Waals surface area contributed by atoms with Crippen molar-refractivity contribution in [2.75, 3.05) is 0 Å². The second kappa shape index (κ2) is 9.04. The first kappa shape index (κ1) is 23.9. The summed E-state index contributed by atoms with van der Waals surface area (Å²) in [6.07, 6.45) is 0. The van der Waals surface area contributed by atoms with Gasteiger partial charge in [-0.05, 0) is 77.2 Å². The van der Waals surface area contributed by atoms with E-state index in [1.165, 1.54) is 77.2 Å². The summed E-state index contributed by atoms with van der Waals surface area (Å²) in [5, 5.41) is 5.15. The Morgan fingerprint density at radius 3 is 1.39 bits per heavy atom. The Balaban J connectivity index is 1.52. The average Bonchev–Trinajstić information content (AvgIpc) is 3.27. The standard InChI is InChI=1S/C41H30/c1-41(2)36-25-13-12-23-34(36)40-35(24-14-26-37(40)41)39-32-21-10-8-19-30(32)38(31-20-9-11-22-33(31)39)29-18-7-6-17-28(29)27-15-4-3-5-16-27/h3-26H,1-2H3. The number of fused-ring (bicyclic) bond motifs is 5. The van der Waals surface area contributed by atoms with E-state index in [0.29, 0.717) is 0 Å². The van der Waals surface area contributed by atoms with E-state index >= 15 is 0 Å². The Kier molecular flexibility index (Phi) is 5.27. The average molecular weight is 523 g/mol. The van der Waals surface area contributed by atoms with Gasteiger partial charge in [0, 0.05) is 5.41 Å². The maximum absolute atomic E-state index is 2.36. The van der Waals surface area contributed by atoms with Crippen LogP contribution in [0.3, 0.4) is 0 Å². The van der Waals surface area contributed by atoms with E-state index in [4.69, 9.17) is 0 Å². The Bertz CT molecular complexity index is 2050. The zero-order valence-electron chi connectivity index (χ0n) is 23.4. The Hall–Kier alpha value is -4.94. The highest BCUT2D eigenvalue weighted by Gasteiger charge is 2.37. The zero-order valence-corrected chi connectivity index (χ0v) is 23.4. The molecule has 0 heterocycles. The van der Waals surface area contributed by atoms with Crippen LogP contribution in [0.1, 0.15) is 25.0 Å². The molecular formula is C41H30. The lowest BCUT2D eigenvalue weighted by atomic mass is 9.80. The first-order valence-corrected chi connectivity index (χ1v) is 14.5. The van der Waals surface area contributed by atoms with Crippen molar-refractivity contribution >= 4 is 21.5 Å². The molecule has 0 fully saturated rings. The Morgan fingerprint density at radius 2 is 0.756 bits per heavy atom. The van der Waals surface area contributed by atoms with E-state index in [-0.39, 0.29) is 5.41 Å². The predicted octanol–water partition coefficient (Wildman–Crippen LogP) is 11.3. The molecule has 0 atom stereocenters. The monoisotopic (exact) mass is 522 g/mol. The molecule has 0 aliphatic heterocycles. The fourth-order valence-electron chi connectivity index (χ4n) is 7.24. The maximum Gasteiger partial charge on any atom is 0.0159 e. The van der Waals surface area contributed by atoms with Crippen LogP contribution in [0, 0.1) is 0 Å². The van der Waals surface area contributed by atoms with Gasteiger partial charge in [0.15, 0.2) is 0 Å². The van der Waals surface area contributed by atoms with Gasteiger partial charge in [-0.1, -0.05) is 159 Å². The molecule has 0 spiro atoms. The third-order valence-electron chi connectivity index (χ3n) is 9.09.